The quantitative estimate of drug-likeness (QED) is 0.666. The highest BCUT2D eigenvalue weighted by molar-refractivity contribution is 7.18. The molecule has 0 aliphatic heterocycles. The normalized spacial score (nSPS) is 10.8. The Balaban J connectivity index is 1.80. The fourth-order valence-electron chi connectivity index (χ4n) is 2.47. The number of rotatable bonds is 5. The Labute approximate surface area is 143 Å². The standard InChI is InChI=1S/C17H18N4O2S/c1-3-18-14(22)9-11-8-13-15(20-21-17(13)24-11)19-16(23)12-7-5-4-6-10(12)2/h4-8H,3,9H2,1-2H3,(H,18,22)(H2,19,20,21,23). The molecule has 0 fully saturated rings. The van der Waals surface area contributed by atoms with Crippen LogP contribution in [0.5, 0.6) is 0 Å². The second kappa shape index (κ2) is 6.84. The van der Waals surface area contributed by atoms with Gasteiger partial charge in [-0.3, -0.25) is 14.7 Å². The van der Waals surface area contributed by atoms with Gasteiger partial charge in [-0.05, 0) is 31.5 Å². The number of carbonyl (C=O) groups excluding carboxylic acids is 2. The molecule has 2 amide bonds. The molecule has 2 heterocycles. The number of nitrogens with zero attached hydrogens (tertiary/aromatic N) is 1. The summed E-state index contributed by atoms with van der Waals surface area (Å²) in [6.45, 7) is 4.39. The maximum atomic E-state index is 12.4. The molecule has 0 spiro atoms. The van der Waals surface area contributed by atoms with E-state index in [0.717, 1.165) is 20.7 Å². The average molecular weight is 342 g/mol. The molecule has 24 heavy (non-hydrogen) atoms. The second-order valence-corrected chi connectivity index (χ2v) is 6.54. The summed E-state index contributed by atoms with van der Waals surface area (Å²) < 4.78 is 0. The Hall–Kier alpha value is -2.67. The number of likely N-dealkylation sites (N-methyl/N-ethyl adjacent to an activating group) is 1. The highest BCUT2D eigenvalue weighted by atomic mass is 32.1. The minimum atomic E-state index is -0.185. The fraction of sp³-hybridized carbons (Fsp3) is 0.235. The van der Waals surface area contributed by atoms with Crippen molar-refractivity contribution in [3.8, 4) is 0 Å². The number of aromatic nitrogens is 2. The third kappa shape index (κ3) is 3.30. The molecule has 2 aromatic heterocycles. The molecule has 7 heteroatoms. The number of aryl methyl sites for hydroxylation is 1. The summed E-state index contributed by atoms with van der Waals surface area (Å²) in [6.07, 6.45) is 0.319. The lowest BCUT2D eigenvalue weighted by molar-refractivity contribution is -0.120. The largest absolute Gasteiger partial charge is 0.356 e. The molecule has 0 bridgehead atoms. The highest BCUT2D eigenvalue weighted by Gasteiger charge is 2.15. The van der Waals surface area contributed by atoms with E-state index in [9.17, 15) is 9.59 Å². The van der Waals surface area contributed by atoms with Gasteiger partial charge in [-0.25, -0.2) is 0 Å². The number of fused-ring (bicyclic) bond motifs is 1. The molecular formula is C17H18N4O2S. The number of hydrogen-bond acceptors (Lipinski definition) is 4. The monoisotopic (exact) mass is 342 g/mol. The van der Waals surface area contributed by atoms with Crippen LogP contribution in [0.4, 0.5) is 5.82 Å². The van der Waals surface area contributed by atoms with Gasteiger partial charge in [0.2, 0.25) is 5.91 Å². The van der Waals surface area contributed by atoms with Crippen molar-refractivity contribution < 1.29 is 9.59 Å². The van der Waals surface area contributed by atoms with Crippen LogP contribution in [0.25, 0.3) is 10.2 Å². The zero-order valence-electron chi connectivity index (χ0n) is 13.5. The predicted octanol–water partition coefficient (Wildman–Crippen LogP) is 2.86. The molecule has 0 unspecified atom stereocenters. The highest BCUT2D eigenvalue weighted by Crippen LogP contribution is 2.29. The summed E-state index contributed by atoms with van der Waals surface area (Å²) in [4.78, 5) is 25.8. The van der Waals surface area contributed by atoms with E-state index < -0.39 is 0 Å². The van der Waals surface area contributed by atoms with Gasteiger partial charge in [0.25, 0.3) is 5.91 Å². The summed E-state index contributed by atoms with van der Waals surface area (Å²) in [5.41, 5.74) is 1.53. The maximum Gasteiger partial charge on any atom is 0.257 e. The number of nitrogens with one attached hydrogen (secondary N) is 3. The van der Waals surface area contributed by atoms with E-state index in [1.165, 1.54) is 11.3 Å². The average Bonchev–Trinajstić information content (AvgIpc) is 3.09. The van der Waals surface area contributed by atoms with Gasteiger partial charge in [-0.15, -0.1) is 11.3 Å². The first-order valence-electron chi connectivity index (χ1n) is 7.69. The lowest BCUT2D eigenvalue weighted by atomic mass is 10.1. The van der Waals surface area contributed by atoms with Gasteiger partial charge >= 0.3 is 0 Å². The summed E-state index contributed by atoms with van der Waals surface area (Å²) in [5, 5.41) is 13.5. The van der Waals surface area contributed by atoms with E-state index in [-0.39, 0.29) is 11.8 Å². The van der Waals surface area contributed by atoms with E-state index in [4.69, 9.17) is 0 Å². The number of thiophene rings is 1. The van der Waals surface area contributed by atoms with Gasteiger partial charge in [0.1, 0.15) is 10.6 Å². The summed E-state index contributed by atoms with van der Waals surface area (Å²) >= 11 is 1.44. The molecule has 124 valence electrons. The van der Waals surface area contributed by atoms with Crippen molar-refractivity contribution in [3.05, 3.63) is 46.3 Å². The van der Waals surface area contributed by atoms with Crippen molar-refractivity contribution >= 4 is 39.2 Å². The molecule has 0 atom stereocenters. The number of aromatic amines is 1. The van der Waals surface area contributed by atoms with E-state index in [2.05, 4.69) is 20.8 Å². The van der Waals surface area contributed by atoms with Gasteiger partial charge in [-0.2, -0.15) is 5.10 Å². The Morgan fingerprint density at radius 3 is 2.83 bits per heavy atom. The van der Waals surface area contributed by atoms with Crippen molar-refractivity contribution in [2.45, 2.75) is 20.3 Å². The van der Waals surface area contributed by atoms with Gasteiger partial charge in [0, 0.05) is 17.0 Å². The number of H-pyrrole nitrogens is 1. The van der Waals surface area contributed by atoms with Crippen molar-refractivity contribution in [3.63, 3.8) is 0 Å². The van der Waals surface area contributed by atoms with Crippen LogP contribution < -0.4 is 10.6 Å². The van der Waals surface area contributed by atoms with Crippen molar-refractivity contribution in [1.82, 2.24) is 15.5 Å². The Kier molecular flexibility index (Phi) is 4.61. The number of amides is 2. The van der Waals surface area contributed by atoms with Crippen LogP contribution in [0.3, 0.4) is 0 Å². The molecule has 6 nitrogen and oxygen atoms in total. The molecular weight excluding hydrogens is 324 g/mol. The van der Waals surface area contributed by atoms with Crippen LogP contribution in [-0.4, -0.2) is 28.6 Å². The molecule has 3 aromatic rings. The lowest BCUT2D eigenvalue weighted by Crippen LogP contribution is -2.23. The molecule has 3 rings (SSSR count). The number of benzene rings is 1. The summed E-state index contributed by atoms with van der Waals surface area (Å²) in [6, 6.07) is 9.30. The predicted molar refractivity (Wildman–Crippen MR) is 95.5 cm³/mol. The van der Waals surface area contributed by atoms with Crippen LogP contribution in [0, 0.1) is 6.92 Å². The molecule has 0 aliphatic rings. The van der Waals surface area contributed by atoms with Gasteiger partial charge in [0.05, 0.1) is 11.8 Å². The van der Waals surface area contributed by atoms with Crippen LogP contribution in [-0.2, 0) is 11.2 Å². The van der Waals surface area contributed by atoms with E-state index in [1.807, 2.05) is 38.1 Å². The van der Waals surface area contributed by atoms with Crippen LogP contribution in [0.2, 0.25) is 0 Å². The third-order valence-electron chi connectivity index (χ3n) is 3.64. The maximum absolute atomic E-state index is 12.4. The molecule has 0 saturated carbocycles. The van der Waals surface area contributed by atoms with E-state index >= 15 is 0 Å². The first kappa shape index (κ1) is 16.2. The number of hydrogen-bond donors (Lipinski definition) is 3. The van der Waals surface area contributed by atoms with Gasteiger partial charge < -0.3 is 10.6 Å². The lowest BCUT2D eigenvalue weighted by Gasteiger charge is -2.05. The van der Waals surface area contributed by atoms with Crippen LogP contribution >= 0.6 is 11.3 Å². The molecule has 3 N–H and O–H groups in total. The Morgan fingerprint density at radius 2 is 2.08 bits per heavy atom. The van der Waals surface area contributed by atoms with Gasteiger partial charge in [0.15, 0.2) is 0 Å². The zero-order chi connectivity index (χ0) is 17.1. The van der Waals surface area contributed by atoms with Crippen LogP contribution in [0.15, 0.2) is 30.3 Å². The van der Waals surface area contributed by atoms with Crippen LogP contribution in [0.1, 0.15) is 27.7 Å². The molecule has 0 saturated heterocycles. The Bertz CT molecular complexity index is 897. The smallest absolute Gasteiger partial charge is 0.257 e. The SMILES string of the molecule is CCNC(=O)Cc1cc2c(NC(=O)c3ccccc3C)[nH]nc2s1. The number of anilines is 1. The fourth-order valence-corrected chi connectivity index (χ4v) is 3.46. The molecule has 0 aliphatic carbocycles. The summed E-state index contributed by atoms with van der Waals surface area (Å²) in [7, 11) is 0. The molecule has 1 aromatic carbocycles. The van der Waals surface area contributed by atoms with Crippen molar-refractivity contribution in [2.75, 3.05) is 11.9 Å². The second-order valence-electron chi connectivity index (χ2n) is 5.43. The zero-order valence-corrected chi connectivity index (χ0v) is 14.3. The Morgan fingerprint density at radius 1 is 1.29 bits per heavy atom. The minimum Gasteiger partial charge on any atom is -0.356 e. The topological polar surface area (TPSA) is 86.9 Å². The van der Waals surface area contributed by atoms with E-state index in [0.29, 0.717) is 24.3 Å². The third-order valence-corrected chi connectivity index (χ3v) is 4.67. The minimum absolute atomic E-state index is 0.0177. The van der Waals surface area contributed by atoms with Crippen molar-refractivity contribution in [2.24, 2.45) is 0 Å². The van der Waals surface area contributed by atoms with Gasteiger partial charge in [-0.1, -0.05) is 18.2 Å². The van der Waals surface area contributed by atoms with Crippen molar-refractivity contribution in [1.29, 1.82) is 0 Å². The number of carbonyl (C=O) groups is 2. The summed E-state index contributed by atoms with van der Waals surface area (Å²) in [5.74, 6) is 0.350. The first-order chi connectivity index (χ1) is 11.6. The van der Waals surface area contributed by atoms with E-state index in [1.54, 1.807) is 6.07 Å². The first-order valence-corrected chi connectivity index (χ1v) is 8.50. The molecule has 0 radical (unpaired) electrons.